The normalized spacial score (nSPS) is 11.0. The van der Waals surface area contributed by atoms with Crippen molar-refractivity contribution in [2.24, 2.45) is 0 Å². The predicted molar refractivity (Wildman–Crippen MR) is 76.9 cm³/mol. The van der Waals surface area contributed by atoms with E-state index in [9.17, 15) is 9.18 Å². The van der Waals surface area contributed by atoms with E-state index < -0.39 is 21.6 Å². The van der Waals surface area contributed by atoms with Gasteiger partial charge in [-0.2, -0.15) is 0 Å². The molecule has 1 heterocycles. The molecule has 4 nitrogen and oxygen atoms in total. The molecule has 0 saturated heterocycles. The first kappa shape index (κ1) is 15.2. The molecule has 20 heavy (non-hydrogen) atoms. The maximum atomic E-state index is 14.0. The van der Waals surface area contributed by atoms with E-state index in [1.807, 2.05) is 0 Å². The second-order valence-corrected chi connectivity index (χ2v) is 6.68. The van der Waals surface area contributed by atoms with Crippen molar-refractivity contribution in [3.05, 3.63) is 46.1 Å². The molecule has 1 N–H and O–H groups in total. The van der Waals surface area contributed by atoms with Gasteiger partial charge in [-0.05, 0) is 0 Å². The standard InChI is InChI=1S/C12H8AsCl2FN3O/c1-17-11(20)6-3-2-4-8(16)9(6)13-10-7(14)5-18-12(15)19-10/h2-5H,1H3,(H,17,20). The summed E-state index contributed by atoms with van der Waals surface area (Å²) in [5, 5.41) is 2.82. The van der Waals surface area contributed by atoms with E-state index in [0.29, 0.717) is 13.9 Å². The molecule has 0 aliphatic heterocycles. The first-order valence-corrected chi connectivity index (χ1v) is 8.06. The number of amides is 1. The van der Waals surface area contributed by atoms with Gasteiger partial charge >= 0.3 is 131 Å². The van der Waals surface area contributed by atoms with Crippen molar-refractivity contribution in [2.45, 2.75) is 0 Å². The summed E-state index contributed by atoms with van der Waals surface area (Å²) in [6.45, 7) is 0. The summed E-state index contributed by atoms with van der Waals surface area (Å²) >= 11 is 10.8. The number of halogens is 3. The van der Waals surface area contributed by atoms with Gasteiger partial charge in [0, 0.05) is 0 Å². The molecule has 0 spiro atoms. The number of rotatable bonds is 3. The molecule has 2 aromatic rings. The number of hydrogen-bond acceptors (Lipinski definition) is 3. The molecule has 1 amide bonds. The summed E-state index contributed by atoms with van der Waals surface area (Å²) in [5.41, 5.74) is 0.276. The number of aromatic nitrogens is 2. The van der Waals surface area contributed by atoms with Crippen LogP contribution in [0.3, 0.4) is 0 Å². The Morgan fingerprint density at radius 1 is 1.40 bits per heavy atom. The van der Waals surface area contributed by atoms with Crippen LogP contribution in [0.15, 0.2) is 24.4 Å². The van der Waals surface area contributed by atoms with Crippen molar-refractivity contribution in [1.29, 1.82) is 0 Å². The van der Waals surface area contributed by atoms with Gasteiger partial charge in [0.05, 0.1) is 0 Å². The van der Waals surface area contributed by atoms with E-state index in [1.54, 1.807) is 6.07 Å². The van der Waals surface area contributed by atoms with Gasteiger partial charge in [-0.3, -0.25) is 0 Å². The molecule has 1 aromatic carbocycles. The van der Waals surface area contributed by atoms with E-state index in [2.05, 4.69) is 15.3 Å². The van der Waals surface area contributed by atoms with Gasteiger partial charge in [0.15, 0.2) is 0 Å². The van der Waals surface area contributed by atoms with Crippen LogP contribution in [0.25, 0.3) is 0 Å². The Hall–Kier alpha value is -1.16. The third-order valence-corrected chi connectivity index (χ3v) is 5.70. The Bertz CT molecular complexity index is 669. The number of benzene rings is 1. The van der Waals surface area contributed by atoms with Gasteiger partial charge < -0.3 is 0 Å². The van der Waals surface area contributed by atoms with Crippen LogP contribution in [0.4, 0.5) is 4.39 Å². The summed E-state index contributed by atoms with van der Waals surface area (Å²) in [6.07, 6.45) is 1.36. The quantitative estimate of drug-likeness (QED) is 0.642. The zero-order valence-electron chi connectivity index (χ0n) is 10.2. The number of hydrogen-bond donors (Lipinski definition) is 1. The molecule has 0 unspecified atom stereocenters. The number of carbonyl (C=O) groups excluding carboxylic acids is 1. The molecule has 2 rings (SSSR count). The molecule has 0 aliphatic rings. The molecule has 0 aliphatic carbocycles. The van der Waals surface area contributed by atoms with Crippen LogP contribution in [0.5, 0.6) is 0 Å². The van der Waals surface area contributed by atoms with E-state index in [0.717, 1.165) is 0 Å². The fourth-order valence-electron chi connectivity index (χ4n) is 1.47. The first-order valence-electron chi connectivity index (χ1n) is 5.43. The van der Waals surface area contributed by atoms with Crippen molar-refractivity contribution < 1.29 is 9.18 Å². The summed E-state index contributed by atoms with van der Waals surface area (Å²) in [7, 11) is 1.49. The first-order chi connectivity index (χ1) is 9.52. The number of carbonyl (C=O) groups is 1. The predicted octanol–water partition coefficient (Wildman–Crippen LogP) is 0.937. The molecule has 0 bridgehead atoms. The Kier molecular flexibility index (Phi) is 4.97. The monoisotopic (exact) mass is 374 g/mol. The van der Waals surface area contributed by atoms with Gasteiger partial charge in [0.25, 0.3) is 0 Å². The number of nitrogens with one attached hydrogen (secondary N) is 1. The van der Waals surface area contributed by atoms with Crippen molar-refractivity contribution >= 4 is 53.7 Å². The summed E-state index contributed by atoms with van der Waals surface area (Å²) in [5.74, 6) is -0.817. The Labute approximate surface area is 131 Å². The Balaban J connectivity index is 2.47. The molecular weight excluding hydrogens is 367 g/mol. The molecule has 1 aromatic heterocycles. The van der Waals surface area contributed by atoms with Crippen LogP contribution < -0.4 is 14.1 Å². The van der Waals surface area contributed by atoms with Crippen LogP contribution in [0, 0.1) is 5.82 Å². The summed E-state index contributed by atoms with van der Waals surface area (Å²) in [6, 6.07) is 4.34. The SMILES string of the molecule is CNC(=O)c1cccc(F)c1[As]c1nc(Cl)ncc1Cl. The summed E-state index contributed by atoms with van der Waals surface area (Å²) < 4.78 is 14.8. The van der Waals surface area contributed by atoms with Crippen molar-refractivity contribution in [1.82, 2.24) is 15.3 Å². The van der Waals surface area contributed by atoms with Crippen LogP contribution >= 0.6 is 23.2 Å². The molecule has 0 saturated carbocycles. The fourth-order valence-corrected chi connectivity index (χ4v) is 4.14. The molecule has 8 heteroatoms. The molecular formula is C12H8AsCl2FN3O. The van der Waals surface area contributed by atoms with Crippen molar-refractivity contribution in [3.63, 3.8) is 0 Å². The third kappa shape index (κ3) is 3.29. The van der Waals surface area contributed by atoms with Crippen LogP contribution in [-0.2, 0) is 0 Å². The minimum atomic E-state index is -0.927. The van der Waals surface area contributed by atoms with E-state index >= 15 is 0 Å². The second-order valence-electron chi connectivity index (χ2n) is 3.64. The van der Waals surface area contributed by atoms with Gasteiger partial charge in [0.1, 0.15) is 0 Å². The Morgan fingerprint density at radius 2 is 2.15 bits per heavy atom. The average Bonchev–Trinajstić information content (AvgIpc) is 2.44. The molecule has 1 radical (unpaired) electrons. The average molecular weight is 375 g/mol. The Morgan fingerprint density at radius 3 is 2.85 bits per heavy atom. The second kappa shape index (κ2) is 6.53. The fraction of sp³-hybridized carbons (Fsp3) is 0.0833. The molecule has 103 valence electrons. The zero-order valence-corrected chi connectivity index (χ0v) is 13.6. The van der Waals surface area contributed by atoms with Gasteiger partial charge in [-0.25, -0.2) is 0 Å². The van der Waals surface area contributed by atoms with Crippen molar-refractivity contribution in [3.8, 4) is 0 Å². The van der Waals surface area contributed by atoms with Gasteiger partial charge in [-0.1, -0.05) is 0 Å². The van der Waals surface area contributed by atoms with Crippen molar-refractivity contribution in [2.75, 3.05) is 7.05 Å². The minimum absolute atomic E-state index is 0.0394. The number of nitrogens with zero attached hydrogens (tertiary/aromatic N) is 2. The zero-order chi connectivity index (χ0) is 14.7. The third-order valence-electron chi connectivity index (χ3n) is 2.37. The van der Waals surface area contributed by atoms with E-state index in [4.69, 9.17) is 23.2 Å². The van der Waals surface area contributed by atoms with E-state index in [-0.39, 0.29) is 16.8 Å². The topological polar surface area (TPSA) is 54.9 Å². The van der Waals surface area contributed by atoms with Crippen LogP contribution in [0.1, 0.15) is 10.4 Å². The van der Waals surface area contributed by atoms with Crippen LogP contribution in [-0.4, -0.2) is 38.7 Å². The van der Waals surface area contributed by atoms with Gasteiger partial charge in [0.2, 0.25) is 0 Å². The van der Waals surface area contributed by atoms with Gasteiger partial charge in [-0.15, -0.1) is 0 Å². The van der Waals surface area contributed by atoms with E-state index in [1.165, 1.54) is 25.4 Å². The molecule has 0 atom stereocenters. The maximum absolute atomic E-state index is 14.0. The summed E-state index contributed by atoms with van der Waals surface area (Å²) in [4.78, 5) is 19.5. The molecule has 0 fully saturated rings. The van der Waals surface area contributed by atoms with Crippen LogP contribution in [0.2, 0.25) is 10.3 Å².